The van der Waals surface area contributed by atoms with Crippen LogP contribution in [-0.2, 0) is 6.42 Å². The lowest BCUT2D eigenvalue weighted by Gasteiger charge is -2.05. The molecule has 5 nitrogen and oxygen atoms in total. The summed E-state index contributed by atoms with van der Waals surface area (Å²) in [6.45, 7) is 0.892. The Balaban J connectivity index is 2.16. The number of aromatic nitrogens is 2. The maximum Gasteiger partial charge on any atom is 0.260 e. The van der Waals surface area contributed by atoms with Gasteiger partial charge in [0.05, 0.1) is 5.56 Å². The molecule has 0 spiro atoms. The highest BCUT2D eigenvalue weighted by atomic mass is 16.5. The van der Waals surface area contributed by atoms with E-state index in [4.69, 9.17) is 10.3 Å². The molecule has 0 atom stereocenters. The molecule has 17 heavy (non-hydrogen) atoms. The van der Waals surface area contributed by atoms with Crippen molar-refractivity contribution in [3.8, 4) is 11.5 Å². The molecule has 0 aliphatic carbocycles. The van der Waals surface area contributed by atoms with Crippen molar-refractivity contribution in [3.63, 3.8) is 0 Å². The number of rotatable bonds is 4. The second kappa shape index (κ2) is 4.97. The number of benzene rings is 1. The predicted molar refractivity (Wildman–Crippen MR) is 66.4 cm³/mol. The number of hydrogen-bond acceptors (Lipinski definition) is 5. The molecule has 0 bridgehead atoms. The molecular weight excluding hydrogens is 216 g/mol. The fourth-order valence-corrected chi connectivity index (χ4v) is 1.48. The molecular formula is C12H16N4O. The Kier molecular flexibility index (Phi) is 3.39. The minimum Gasteiger partial charge on any atom is -0.398 e. The van der Waals surface area contributed by atoms with Gasteiger partial charge in [-0.2, -0.15) is 4.98 Å². The molecule has 2 N–H and O–H groups in total. The summed E-state index contributed by atoms with van der Waals surface area (Å²) in [5.74, 6) is 1.19. The van der Waals surface area contributed by atoms with Crippen LogP contribution in [0.4, 0.5) is 5.69 Å². The lowest BCUT2D eigenvalue weighted by atomic mass is 10.2. The van der Waals surface area contributed by atoms with Crippen LogP contribution in [0.25, 0.3) is 11.5 Å². The second-order valence-electron chi connectivity index (χ2n) is 4.16. The molecule has 2 aromatic rings. The van der Waals surface area contributed by atoms with Crippen LogP contribution in [0.1, 0.15) is 5.82 Å². The molecule has 0 aliphatic rings. The highest BCUT2D eigenvalue weighted by Gasteiger charge is 2.10. The number of likely N-dealkylation sites (N-methyl/N-ethyl adjacent to an activating group) is 1. The zero-order valence-electron chi connectivity index (χ0n) is 10.1. The van der Waals surface area contributed by atoms with Crippen molar-refractivity contribution >= 4 is 5.69 Å². The van der Waals surface area contributed by atoms with Gasteiger partial charge in [-0.15, -0.1) is 0 Å². The summed E-state index contributed by atoms with van der Waals surface area (Å²) in [5.41, 5.74) is 7.28. The lowest BCUT2D eigenvalue weighted by Crippen LogP contribution is -2.15. The first kappa shape index (κ1) is 11.6. The number of nitrogen functional groups attached to an aromatic ring is 1. The van der Waals surface area contributed by atoms with Crippen molar-refractivity contribution in [2.24, 2.45) is 0 Å². The van der Waals surface area contributed by atoms with E-state index in [-0.39, 0.29) is 0 Å². The highest BCUT2D eigenvalue weighted by molar-refractivity contribution is 5.69. The van der Waals surface area contributed by atoms with E-state index in [1.54, 1.807) is 0 Å². The van der Waals surface area contributed by atoms with Crippen molar-refractivity contribution in [3.05, 3.63) is 30.1 Å². The van der Waals surface area contributed by atoms with Gasteiger partial charge in [-0.25, -0.2) is 0 Å². The molecule has 0 saturated heterocycles. The Morgan fingerprint density at radius 2 is 2.06 bits per heavy atom. The van der Waals surface area contributed by atoms with Crippen LogP contribution in [0.5, 0.6) is 0 Å². The molecule has 1 heterocycles. The minimum absolute atomic E-state index is 0.483. The van der Waals surface area contributed by atoms with Gasteiger partial charge in [-0.05, 0) is 26.2 Å². The van der Waals surface area contributed by atoms with E-state index in [2.05, 4.69) is 15.0 Å². The van der Waals surface area contributed by atoms with Gasteiger partial charge in [-0.1, -0.05) is 17.3 Å². The normalized spacial score (nSPS) is 11.0. The fourth-order valence-electron chi connectivity index (χ4n) is 1.48. The third-order valence-electron chi connectivity index (χ3n) is 2.44. The summed E-state index contributed by atoms with van der Waals surface area (Å²) in [6.07, 6.45) is 0.767. The Hall–Kier alpha value is -1.88. The first-order valence-electron chi connectivity index (χ1n) is 5.49. The van der Waals surface area contributed by atoms with Crippen LogP contribution < -0.4 is 5.73 Å². The number of nitrogens with zero attached hydrogens (tertiary/aromatic N) is 3. The molecule has 0 aliphatic heterocycles. The number of anilines is 1. The third-order valence-corrected chi connectivity index (χ3v) is 2.44. The molecule has 2 rings (SSSR count). The lowest BCUT2D eigenvalue weighted by molar-refractivity contribution is 0.392. The van der Waals surface area contributed by atoms with E-state index in [1.165, 1.54) is 0 Å². The van der Waals surface area contributed by atoms with Gasteiger partial charge in [0.15, 0.2) is 5.82 Å². The quantitative estimate of drug-likeness (QED) is 0.807. The van der Waals surface area contributed by atoms with Crippen LogP contribution in [0.3, 0.4) is 0 Å². The van der Waals surface area contributed by atoms with Crippen molar-refractivity contribution < 1.29 is 4.52 Å². The molecule has 5 heteroatoms. The average Bonchev–Trinajstić information content (AvgIpc) is 2.75. The summed E-state index contributed by atoms with van der Waals surface area (Å²) in [7, 11) is 4.02. The van der Waals surface area contributed by atoms with Crippen LogP contribution in [0.15, 0.2) is 28.8 Å². The van der Waals surface area contributed by atoms with Gasteiger partial charge in [0.2, 0.25) is 0 Å². The summed E-state index contributed by atoms with van der Waals surface area (Å²) in [6, 6.07) is 7.47. The number of nitrogens with two attached hydrogens (primary N) is 1. The fraction of sp³-hybridized carbons (Fsp3) is 0.333. The van der Waals surface area contributed by atoms with Crippen molar-refractivity contribution in [2.45, 2.75) is 6.42 Å². The molecule has 0 radical (unpaired) electrons. The van der Waals surface area contributed by atoms with Crippen LogP contribution in [-0.4, -0.2) is 35.7 Å². The van der Waals surface area contributed by atoms with Crippen molar-refractivity contribution in [1.82, 2.24) is 15.0 Å². The maximum absolute atomic E-state index is 5.85. The SMILES string of the molecule is CN(C)CCc1noc(-c2ccccc2N)n1. The van der Waals surface area contributed by atoms with Gasteiger partial charge in [-0.3, -0.25) is 0 Å². The third kappa shape index (κ3) is 2.82. The molecule has 1 aromatic carbocycles. The standard InChI is InChI=1S/C12H16N4O/c1-16(2)8-7-11-14-12(17-15-11)9-5-3-4-6-10(9)13/h3-6H,7-8,13H2,1-2H3. The first-order valence-corrected chi connectivity index (χ1v) is 5.49. The zero-order chi connectivity index (χ0) is 12.3. The average molecular weight is 232 g/mol. The van der Waals surface area contributed by atoms with Crippen LogP contribution in [0.2, 0.25) is 0 Å². The summed E-state index contributed by atoms with van der Waals surface area (Å²) in [5, 5.41) is 3.94. The van der Waals surface area contributed by atoms with Gasteiger partial charge in [0, 0.05) is 18.7 Å². The van der Waals surface area contributed by atoms with Crippen molar-refractivity contribution in [1.29, 1.82) is 0 Å². The molecule has 1 aromatic heterocycles. The summed E-state index contributed by atoms with van der Waals surface area (Å²) < 4.78 is 5.20. The molecule has 0 unspecified atom stereocenters. The smallest absolute Gasteiger partial charge is 0.260 e. The second-order valence-corrected chi connectivity index (χ2v) is 4.16. The van der Waals surface area contributed by atoms with Gasteiger partial charge in [0.25, 0.3) is 5.89 Å². The molecule has 0 fully saturated rings. The van der Waals surface area contributed by atoms with E-state index in [0.717, 1.165) is 18.5 Å². The Morgan fingerprint density at radius 1 is 1.29 bits per heavy atom. The Bertz CT molecular complexity index is 493. The van der Waals surface area contributed by atoms with E-state index in [9.17, 15) is 0 Å². The van der Waals surface area contributed by atoms with Crippen LogP contribution >= 0.6 is 0 Å². The Labute approximate surface area is 100 Å². The number of para-hydroxylation sites is 1. The number of hydrogen-bond donors (Lipinski definition) is 1. The largest absolute Gasteiger partial charge is 0.398 e. The predicted octanol–water partition coefficient (Wildman–Crippen LogP) is 1.42. The topological polar surface area (TPSA) is 68.2 Å². The van der Waals surface area contributed by atoms with E-state index in [0.29, 0.717) is 17.4 Å². The first-order chi connectivity index (χ1) is 8.16. The van der Waals surface area contributed by atoms with Gasteiger partial charge in [0.1, 0.15) is 0 Å². The minimum atomic E-state index is 0.483. The molecule has 0 amide bonds. The van der Waals surface area contributed by atoms with Gasteiger partial charge >= 0.3 is 0 Å². The van der Waals surface area contributed by atoms with Crippen molar-refractivity contribution in [2.75, 3.05) is 26.4 Å². The molecule has 90 valence electrons. The van der Waals surface area contributed by atoms with E-state index in [1.807, 2.05) is 38.4 Å². The summed E-state index contributed by atoms with van der Waals surface area (Å²) >= 11 is 0. The van der Waals surface area contributed by atoms with E-state index < -0.39 is 0 Å². The monoisotopic (exact) mass is 232 g/mol. The zero-order valence-corrected chi connectivity index (χ0v) is 10.1. The maximum atomic E-state index is 5.85. The molecule has 0 saturated carbocycles. The van der Waals surface area contributed by atoms with Gasteiger partial charge < -0.3 is 15.2 Å². The van der Waals surface area contributed by atoms with E-state index >= 15 is 0 Å². The highest BCUT2D eigenvalue weighted by Crippen LogP contribution is 2.23. The Morgan fingerprint density at radius 3 is 2.76 bits per heavy atom. The van der Waals surface area contributed by atoms with Crippen LogP contribution in [0, 0.1) is 0 Å². The summed E-state index contributed by atoms with van der Waals surface area (Å²) in [4.78, 5) is 6.41.